The van der Waals surface area contributed by atoms with E-state index >= 15 is 0 Å². The minimum absolute atomic E-state index is 0.0692. The standard InChI is InChI=1S/C18H21N9O/c1-12-6-13(2)24-18(23-12)25-17(28)14-4-3-5-26(8-14)15-7-16(21-10-20-15)27-11-19-9-22-27/h6-7,9-11,14H,3-5,8H2,1-2H3,(H,23,24,25,28). The van der Waals surface area contributed by atoms with Gasteiger partial charge in [0.1, 0.15) is 24.8 Å². The van der Waals surface area contributed by atoms with Gasteiger partial charge in [0.05, 0.1) is 5.92 Å². The maximum absolute atomic E-state index is 12.7. The molecule has 28 heavy (non-hydrogen) atoms. The van der Waals surface area contributed by atoms with Crippen molar-refractivity contribution in [2.24, 2.45) is 5.92 Å². The second-order valence-corrected chi connectivity index (χ2v) is 6.82. The first-order valence-electron chi connectivity index (χ1n) is 9.13. The Hall–Kier alpha value is -3.43. The van der Waals surface area contributed by atoms with E-state index < -0.39 is 0 Å². The van der Waals surface area contributed by atoms with Gasteiger partial charge in [-0.25, -0.2) is 29.6 Å². The predicted octanol–water partition coefficient (Wildman–Crippen LogP) is 1.32. The molecule has 4 rings (SSSR count). The maximum Gasteiger partial charge on any atom is 0.231 e. The van der Waals surface area contributed by atoms with Crippen molar-refractivity contribution in [3.05, 3.63) is 42.5 Å². The van der Waals surface area contributed by atoms with Crippen molar-refractivity contribution in [2.45, 2.75) is 26.7 Å². The average Bonchev–Trinajstić information content (AvgIpc) is 3.22. The second kappa shape index (κ2) is 7.67. The Labute approximate surface area is 162 Å². The Morgan fingerprint density at radius 1 is 1.11 bits per heavy atom. The van der Waals surface area contributed by atoms with Crippen LogP contribution in [-0.4, -0.2) is 53.7 Å². The van der Waals surface area contributed by atoms with Crippen LogP contribution in [0, 0.1) is 19.8 Å². The Bertz CT molecular complexity index is 953. The Morgan fingerprint density at radius 2 is 1.89 bits per heavy atom. The lowest BCUT2D eigenvalue weighted by atomic mass is 9.97. The summed E-state index contributed by atoms with van der Waals surface area (Å²) in [5, 5.41) is 6.95. The van der Waals surface area contributed by atoms with E-state index in [2.05, 4.69) is 40.2 Å². The molecule has 3 aromatic heterocycles. The maximum atomic E-state index is 12.7. The fourth-order valence-corrected chi connectivity index (χ4v) is 3.36. The van der Waals surface area contributed by atoms with E-state index in [0.29, 0.717) is 18.3 Å². The summed E-state index contributed by atoms with van der Waals surface area (Å²) in [7, 11) is 0. The number of rotatable bonds is 4. The van der Waals surface area contributed by atoms with E-state index in [1.165, 1.54) is 12.7 Å². The highest BCUT2D eigenvalue weighted by Gasteiger charge is 2.27. The molecule has 1 fully saturated rings. The number of aromatic nitrogens is 7. The van der Waals surface area contributed by atoms with Crippen molar-refractivity contribution >= 4 is 17.7 Å². The van der Waals surface area contributed by atoms with Crippen LogP contribution in [-0.2, 0) is 4.79 Å². The lowest BCUT2D eigenvalue weighted by molar-refractivity contribution is -0.120. The fraction of sp³-hybridized carbons (Fsp3) is 0.389. The van der Waals surface area contributed by atoms with E-state index in [4.69, 9.17) is 0 Å². The highest BCUT2D eigenvalue weighted by molar-refractivity contribution is 5.91. The van der Waals surface area contributed by atoms with Gasteiger partial charge in [-0.15, -0.1) is 0 Å². The van der Waals surface area contributed by atoms with E-state index in [0.717, 1.165) is 36.6 Å². The van der Waals surface area contributed by atoms with Gasteiger partial charge in [0, 0.05) is 30.5 Å². The van der Waals surface area contributed by atoms with Crippen LogP contribution in [0.1, 0.15) is 24.2 Å². The zero-order chi connectivity index (χ0) is 19.5. The van der Waals surface area contributed by atoms with Gasteiger partial charge in [-0.2, -0.15) is 5.10 Å². The van der Waals surface area contributed by atoms with Gasteiger partial charge in [0.2, 0.25) is 11.9 Å². The van der Waals surface area contributed by atoms with Gasteiger partial charge in [-0.1, -0.05) is 0 Å². The van der Waals surface area contributed by atoms with Gasteiger partial charge < -0.3 is 4.90 Å². The summed E-state index contributed by atoms with van der Waals surface area (Å²) in [5.74, 6) is 1.52. The number of piperidine rings is 1. The van der Waals surface area contributed by atoms with Gasteiger partial charge in [-0.05, 0) is 32.8 Å². The molecule has 3 aromatic rings. The van der Waals surface area contributed by atoms with E-state index in [-0.39, 0.29) is 11.8 Å². The molecule has 1 unspecified atom stereocenters. The van der Waals surface area contributed by atoms with Crippen LogP contribution in [0.4, 0.5) is 11.8 Å². The molecular weight excluding hydrogens is 358 g/mol. The van der Waals surface area contributed by atoms with Crippen LogP contribution in [0.25, 0.3) is 5.82 Å². The summed E-state index contributed by atoms with van der Waals surface area (Å²) in [6.45, 7) is 5.17. The third-order valence-corrected chi connectivity index (χ3v) is 4.63. The summed E-state index contributed by atoms with van der Waals surface area (Å²) >= 11 is 0. The van der Waals surface area contributed by atoms with Gasteiger partial charge in [0.15, 0.2) is 5.82 Å². The molecule has 0 spiro atoms. The number of carbonyl (C=O) groups excluding carboxylic acids is 1. The van der Waals surface area contributed by atoms with Crippen molar-refractivity contribution in [1.29, 1.82) is 0 Å². The van der Waals surface area contributed by atoms with Gasteiger partial charge in [0.25, 0.3) is 0 Å². The number of aryl methyl sites for hydroxylation is 2. The Balaban J connectivity index is 1.47. The number of anilines is 2. The topological polar surface area (TPSA) is 115 Å². The zero-order valence-corrected chi connectivity index (χ0v) is 15.8. The minimum Gasteiger partial charge on any atom is -0.356 e. The SMILES string of the molecule is Cc1cc(C)nc(NC(=O)C2CCCN(c3cc(-n4cncn4)ncn3)C2)n1. The van der Waals surface area contributed by atoms with Crippen molar-refractivity contribution < 1.29 is 4.79 Å². The summed E-state index contributed by atoms with van der Waals surface area (Å²) in [5.41, 5.74) is 1.66. The van der Waals surface area contributed by atoms with Crippen molar-refractivity contribution in [2.75, 3.05) is 23.3 Å². The highest BCUT2D eigenvalue weighted by atomic mass is 16.2. The molecule has 144 valence electrons. The summed E-state index contributed by atoms with van der Waals surface area (Å²) in [6, 6.07) is 3.72. The van der Waals surface area contributed by atoms with Crippen molar-refractivity contribution in [1.82, 2.24) is 34.7 Å². The van der Waals surface area contributed by atoms with E-state index in [1.807, 2.05) is 26.0 Å². The van der Waals surface area contributed by atoms with E-state index in [1.54, 1.807) is 11.0 Å². The van der Waals surface area contributed by atoms with Crippen LogP contribution >= 0.6 is 0 Å². The quantitative estimate of drug-likeness (QED) is 0.722. The second-order valence-electron chi connectivity index (χ2n) is 6.82. The molecule has 0 aromatic carbocycles. The van der Waals surface area contributed by atoms with Crippen molar-refractivity contribution in [3.8, 4) is 5.82 Å². The first kappa shape index (κ1) is 18.0. The predicted molar refractivity (Wildman–Crippen MR) is 102 cm³/mol. The molecule has 10 heteroatoms. The number of nitrogens with one attached hydrogen (secondary N) is 1. The summed E-state index contributed by atoms with van der Waals surface area (Å²) in [4.78, 5) is 36.0. The first-order chi connectivity index (χ1) is 13.6. The lowest BCUT2D eigenvalue weighted by Gasteiger charge is -2.32. The molecule has 4 heterocycles. The first-order valence-corrected chi connectivity index (χ1v) is 9.13. The highest BCUT2D eigenvalue weighted by Crippen LogP contribution is 2.23. The Morgan fingerprint density at radius 3 is 2.64 bits per heavy atom. The van der Waals surface area contributed by atoms with E-state index in [9.17, 15) is 4.79 Å². The molecule has 1 saturated heterocycles. The molecule has 0 radical (unpaired) electrons. The monoisotopic (exact) mass is 379 g/mol. The van der Waals surface area contributed by atoms with Crippen LogP contribution in [0.2, 0.25) is 0 Å². The molecule has 10 nitrogen and oxygen atoms in total. The minimum atomic E-state index is -0.164. The van der Waals surface area contributed by atoms with Crippen LogP contribution in [0.5, 0.6) is 0 Å². The molecule has 1 atom stereocenters. The Kier molecular flexibility index (Phi) is 4.92. The van der Waals surface area contributed by atoms with Crippen LogP contribution in [0.3, 0.4) is 0 Å². The number of hydrogen-bond donors (Lipinski definition) is 1. The molecule has 0 saturated carbocycles. The number of carbonyl (C=O) groups is 1. The zero-order valence-electron chi connectivity index (χ0n) is 15.8. The fourth-order valence-electron chi connectivity index (χ4n) is 3.36. The molecule has 1 amide bonds. The van der Waals surface area contributed by atoms with Crippen LogP contribution in [0.15, 0.2) is 31.1 Å². The summed E-state index contributed by atoms with van der Waals surface area (Å²) in [6.07, 6.45) is 6.25. The molecule has 1 aliphatic rings. The van der Waals surface area contributed by atoms with Crippen LogP contribution < -0.4 is 10.2 Å². The normalized spacial score (nSPS) is 16.8. The summed E-state index contributed by atoms with van der Waals surface area (Å²) < 4.78 is 1.58. The smallest absolute Gasteiger partial charge is 0.231 e. The molecule has 1 N–H and O–H groups in total. The largest absolute Gasteiger partial charge is 0.356 e. The average molecular weight is 379 g/mol. The molecule has 1 aliphatic heterocycles. The van der Waals surface area contributed by atoms with Gasteiger partial charge >= 0.3 is 0 Å². The number of nitrogens with zero attached hydrogens (tertiary/aromatic N) is 8. The number of amides is 1. The molecule has 0 aliphatic carbocycles. The third kappa shape index (κ3) is 3.95. The lowest BCUT2D eigenvalue weighted by Crippen LogP contribution is -2.41. The van der Waals surface area contributed by atoms with Gasteiger partial charge in [-0.3, -0.25) is 10.1 Å². The van der Waals surface area contributed by atoms with Crippen molar-refractivity contribution in [3.63, 3.8) is 0 Å². The number of hydrogen-bond acceptors (Lipinski definition) is 8. The molecular formula is C18H21N9O. The molecule has 0 bridgehead atoms. The third-order valence-electron chi connectivity index (χ3n) is 4.63.